The third kappa shape index (κ3) is 5.18. The zero-order valence-electron chi connectivity index (χ0n) is 16.9. The van der Waals surface area contributed by atoms with Gasteiger partial charge >= 0.3 is 6.18 Å². The van der Waals surface area contributed by atoms with Crippen LogP contribution in [0.3, 0.4) is 0 Å². The highest BCUT2D eigenvalue weighted by Gasteiger charge is 2.62. The van der Waals surface area contributed by atoms with Crippen molar-refractivity contribution < 1.29 is 31.3 Å². The fourth-order valence-electron chi connectivity index (χ4n) is 3.03. The van der Waals surface area contributed by atoms with Gasteiger partial charge in [0.15, 0.2) is 21.8 Å². The van der Waals surface area contributed by atoms with E-state index in [0.29, 0.717) is 5.82 Å². The zero-order chi connectivity index (χ0) is 23.6. The summed E-state index contributed by atoms with van der Waals surface area (Å²) in [5, 5.41) is 3.97. The quantitative estimate of drug-likeness (QED) is 0.390. The molecule has 1 atom stereocenters. The van der Waals surface area contributed by atoms with Gasteiger partial charge in [0.2, 0.25) is 11.8 Å². The molecule has 1 N–H and O–H groups in total. The first-order valence-corrected chi connectivity index (χ1v) is 10.9. The number of hydrogen-bond donors (Lipinski definition) is 1. The second kappa shape index (κ2) is 8.89. The fourth-order valence-corrected chi connectivity index (χ4v) is 3.80. The molecule has 33 heavy (non-hydrogen) atoms. The predicted octanol–water partition coefficient (Wildman–Crippen LogP) is 3.37. The number of halogens is 4. The molecule has 174 valence electrons. The summed E-state index contributed by atoms with van der Waals surface area (Å²) < 4.78 is 73.0. The molecule has 1 aliphatic carbocycles. The summed E-state index contributed by atoms with van der Waals surface area (Å²) in [6, 6.07) is 8.09. The molecular weight excluding hydrogens is 466 g/mol. The normalized spacial score (nSPS) is 15.6. The Morgan fingerprint density at radius 3 is 2.64 bits per heavy atom. The van der Waals surface area contributed by atoms with Crippen molar-refractivity contribution in [2.75, 3.05) is 6.61 Å². The van der Waals surface area contributed by atoms with E-state index in [2.05, 4.69) is 19.8 Å². The lowest BCUT2D eigenvalue weighted by Gasteiger charge is -2.18. The Balaban J connectivity index is 1.33. The van der Waals surface area contributed by atoms with Crippen molar-refractivity contribution in [3.05, 3.63) is 60.3 Å². The number of amides is 1. The van der Waals surface area contributed by atoms with Crippen LogP contribution < -0.4 is 9.46 Å². The van der Waals surface area contributed by atoms with Gasteiger partial charge in [-0.1, -0.05) is 6.07 Å². The number of nitrogens with zero attached hydrogens (tertiary/aromatic N) is 4. The monoisotopic (exact) mass is 483 g/mol. The van der Waals surface area contributed by atoms with Crippen molar-refractivity contribution in [3.63, 3.8) is 0 Å². The van der Waals surface area contributed by atoms with Crippen molar-refractivity contribution in [1.29, 1.82) is 0 Å². The zero-order valence-corrected chi connectivity index (χ0v) is 17.7. The summed E-state index contributed by atoms with van der Waals surface area (Å²) in [4.78, 5) is 19.8. The molecule has 13 heteroatoms. The van der Waals surface area contributed by atoms with Gasteiger partial charge in [-0.05, 0) is 43.5 Å². The maximum atomic E-state index is 13.1. The molecule has 1 aliphatic rings. The molecule has 0 spiro atoms. The summed E-state index contributed by atoms with van der Waals surface area (Å²) in [6.45, 7) is -0.111. The van der Waals surface area contributed by atoms with Gasteiger partial charge < -0.3 is 4.74 Å². The van der Waals surface area contributed by atoms with E-state index >= 15 is 0 Å². The Labute approximate surface area is 187 Å². The number of ether oxygens (including phenoxy) is 1. The fraction of sp³-hybridized carbons (Fsp3) is 0.300. The molecule has 0 aromatic carbocycles. The number of rotatable bonds is 8. The third-order valence-electron chi connectivity index (χ3n) is 5.16. The number of pyridine rings is 2. The van der Waals surface area contributed by atoms with Crippen LogP contribution in [0.15, 0.2) is 53.8 Å². The van der Waals surface area contributed by atoms with E-state index in [9.17, 15) is 26.6 Å². The van der Waals surface area contributed by atoms with E-state index in [1.54, 1.807) is 0 Å². The molecule has 0 bridgehead atoms. The minimum absolute atomic E-state index is 0.0917. The maximum Gasteiger partial charge on any atom is 0.394 e. The summed E-state index contributed by atoms with van der Waals surface area (Å²) in [6.07, 6.45) is -1.39. The van der Waals surface area contributed by atoms with Crippen LogP contribution in [0.5, 0.6) is 5.88 Å². The van der Waals surface area contributed by atoms with Gasteiger partial charge in [-0.25, -0.2) is 18.9 Å². The van der Waals surface area contributed by atoms with Crippen LogP contribution >= 0.6 is 0 Å². The number of nitrogens with one attached hydrogen (secondary N) is 1. The summed E-state index contributed by atoms with van der Waals surface area (Å²) in [7, 11) is -2.06. The molecular formula is C20H17F4N5O3S. The molecule has 1 unspecified atom stereocenters. The number of aromatic nitrogens is 4. The van der Waals surface area contributed by atoms with Gasteiger partial charge in [-0.15, -0.1) is 5.10 Å². The minimum atomic E-state index is -4.23. The second-order valence-corrected chi connectivity index (χ2v) is 8.54. The summed E-state index contributed by atoms with van der Waals surface area (Å²) in [5.41, 5.74) is -1.55. The first-order valence-electron chi connectivity index (χ1n) is 9.74. The van der Waals surface area contributed by atoms with Gasteiger partial charge in [0, 0.05) is 18.5 Å². The van der Waals surface area contributed by atoms with Crippen molar-refractivity contribution in [1.82, 2.24) is 24.5 Å². The molecule has 1 saturated carbocycles. The van der Waals surface area contributed by atoms with E-state index < -0.39 is 34.4 Å². The number of carbonyl (C=O) groups excluding carboxylic acids is 1. The van der Waals surface area contributed by atoms with Crippen LogP contribution in [-0.2, 0) is 11.0 Å². The van der Waals surface area contributed by atoms with Crippen molar-refractivity contribution in [2.45, 2.75) is 30.5 Å². The lowest BCUT2D eigenvalue weighted by Crippen LogP contribution is -2.26. The first kappa shape index (κ1) is 22.8. The molecule has 3 heterocycles. The Bertz CT molecular complexity index is 1180. The van der Waals surface area contributed by atoms with E-state index in [4.69, 9.17) is 4.74 Å². The van der Waals surface area contributed by atoms with E-state index in [1.165, 1.54) is 47.4 Å². The van der Waals surface area contributed by atoms with Gasteiger partial charge in [0.1, 0.15) is 0 Å². The highest BCUT2D eigenvalue weighted by Crippen LogP contribution is 2.59. The van der Waals surface area contributed by atoms with E-state index in [0.717, 1.165) is 6.07 Å². The topological polar surface area (TPSA) is 99.0 Å². The Morgan fingerprint density at radius 1 is 1.21 bits per heavy atom. The molecule has 1 amide bonds. The van der Waals surface area contributed by atoms with Crippen molar-refractivity contribution in [2.24, 2.45) is 5.41 Å². The van der Waals surface area contributed by atoms with E-state index in [-0.39, 0.29) is 42.3 Å². The molecule has 0 saturated heterocycles. The summed E-state index contributed by atoms with van der Waals surface area (Å²) in [5.74, 6) is -1.06. The number of hydrogen-bond acceptors (Lipinski definition) is 6. The Hall–Kier alpha value is -3.35. The van der Waals surface area contributed by atoms with Gasteiger partial charge in [-0.3, -0.25) is 9.52 Å². The lowest BCUT2D eigenvalue weighted by molar-refractivity contribution is -0.190. The SMILES string of the molecule is O=C(NS(=O)c1cccc(F)n1)c1ccc(-n2ccc(OCCC3(C(F)(F)F)CC3)n2)nc1. The maximum absolute atomic E-state index is 13.1. The lowest BCUT2D eigenvalue weighted by atomic mass is 10.0. The van der Waals surface area contributed by atoms with Gasteiger partial charge in [0.05, 0.1) is 17.6 Å². The molecule has 1 fully saturated rings. The minimum Gasteiger partial charge on any atom is -0.477 e. The highest BCUT2D eigenvalue weighted by atomic mass is 32.2. The first-order chi connectivity index (χ1) is 15.7. The standard InChI is InChI=1S/C20H17F4N5O3S/c21-14-2-1-3-17(26-14)33(31)28-18(30)13-4-5-15(25-12-13)29-10-6-16(27-29)32-11-9-19(7-8-19)20(22,23)24/h1-6,10,12H,7-9,11H2,(H,28,30). The number of alkyl halides is 3. The molecule has 0 radical (unpaired) electrons. The average Bonchev–Trinajstić information content (AvgIpc) is 3.44. The number of carbonyl (C=O) groups is 1. The Kier molecular flexibility index (Phi) is 6.15. The molecule has 0 aliphatic heterocycles. The third-order valence-corrected chi connectivity index (χ3v) is 6.14. The van der Waals surface area contributed by atoms with Crippen LogP contribution in [0.25, 0.3) is 5.82 Å². The van der Waals surface area contributed by atoms with Crippen LogP contribution in [0.4, 0.5) is 17.6 Å². The highest BCUT2D eigenvalue weighted by molar-refractivity contribution is 7.83. The predicted molar refractivity (Wildman–Crippen MR) is 107 cm³/mol. The van der Waals surface area contributed by atoms with Crippen LogP contribution in [0, 0.1) is 11.4 Å². The smallest absolute Gasteiger partial charge is 0.394 e. The summed E-state index contributed by atoms with van der Waals surface area (Å²) >= 11 is 0. The van der Waals surface area contributed by atoms with Crippen LogP contribution in [-0.4, -0.2) is 42.6 Å². The van der Waals surface area contributed by atoms with Crippen LogP contribution in [0.2, 0.25) is 0 Å². The van der Waals surface area contributed by atoms with Gasteiger partial charge in [-0.2, -0.15) is 17.6 Å². The molecule has 4 rings (SSSR count). The molecule has 3 aromatic rings. The van der Waals surface area contributed by atoms with Crippen molar-refractivity contribution in [3.8, 4) is 11.7 Å². The Morgan fingerprint density at radius 2 is 2.00 bits per heavy atom. The molecule has 8 nitrogen and oxygen atoms in total. The molecule has 3 aromatic heterocycles. The average molecular weight is 483 g/mol. The van der Waals surface area contributed by atoms with E-state index in [1.807, 2.05) is 0 Å². The van der Waals surface area contributed by atoms with Crippen molar-refractivity contribution >= 4 is 16.9 Å². The van der Waals surface area contributed by atoms with Gasteiger partial charge in [0.25, 0.3) is 5.91 Å². The van der Waals surface area contributed by atoms with Crippen LogP contribution in [0.1, 0.15) is 29.6 Å². The largest absolute Gasteiger partial charge is 0.477 e. The second-order valence-electron chi connectivity index (χ2n) is 7.38.